The number of aromatic nitrogens is 2. The second-order valence-electron chi connectivity index (χ2n) is 6.48. The van der Waals surface area contributed by atoms with Gasteiger partial charge in [0.25, 0.3) is 0 Å². The average molecular weight is 387 g/mol. The predicted molar refractivity (Wildman–Crippen MR) is 106 cm³/mol. The van der Waals surface area contributed by atoms with Gasteiger partial charge in [-0.25, -0.2) is 9.97 Å². The van der Waals surface area contributed by atoms with Crippen LogP contribution in [0.3, 0.4) is 0 Å². The summed E-state index contributed by atoms with van der Waals surface area (Å²) < 4.78 is 10.3. The zero-order chi connectivity index (χ0) is 19.9. The van der Waals surface area contributed by atoms with Crippen LogP contribution >= 0.6 is 0 Å². The Morgan fingerprint density at radius 2 is 1.89 bits per heavy atom. The molecule has 1 aliphatic heterocycles. The molecule has 1 aliphatic rings. The zero-order valence-electron chi connectivity index (χ0n) is 16.2. The molecule has 1 aromatic heterocycles. The molecule has 0 atom stereocenters. The number of nitro groups is 1. The molecule has 0 saturated carbocycles. The summed E-state index contributed by atoms with van der Waals surface area (Å²) in [5, 5.41) is 12.1. The maximum atomic E-state index is 12.1. The number of benzene rings is 1. The molecule has 9 heteroatoms. The van der Waals surface area contributed by atoms with Gasteiger partial charge in [0.2, 0.25) is 11.6 Å². The first-order valence-corrected chi connectivity index (χ1v) is 9.25. The van der Waals surface area contributed by atoms with Crippen molar-refractivity contribution >= 4 is 23.0 Å². The first kappa shape index (κ1) is 20.0. The molecular formula is C19H25N5O4. The Labute approximate surface area is 164 Å². The fourth-order valence-electron chi connectivity index (χ4n) is 3.43. The number of hydrogen-bond donors (Lipinski definition) is 0. The molecule has 0 N–H and O–H groups in total. The molecule has 0 radical (unpaired) electrons. The summed E-state index contributed by atoms with van der Waals surface area (Å²) in [7, 11) is 3.19. The van der Waals surface area contributed by atoms with Gasteiger partial charge in [-0.15, -0.1) is 0 Å². The third kappa shape index (κ3) is 4.20. The van der Waals surface area contributed by atoms with Crippen LogP contribution in [0.2, 0.25) is 0 Å². The van der Waals surface area contributed by atoms with Crippen LogP contribution in [0, 0.1) is 10.1 Å². The molecule has 2 heterocycles. The van der Waals surface area contributed by atoms with Gasteiger partial charge < -0.3 is 19.3 Å². The fraction of sp³-hybridized carbons (Fsp3) is 0.474. The molecule has 0 amide bonds. The van der Waals surface area contributed by atoms with E-state index in [1.807, 2.05) is 28.0 Å². The van der Waals surface area contributed by atoms with Gasteiger partial charge in [-0.1, -0.05) is 18.2 Å². The number of anilines is 3. The molecule has 0 aliphatic carbocycles. The van der Waals surface area contributed by atoms with Gasteiger partial charge in [-0.3, -0.25) is 10.1 Å². The normalized spacial score (nSPS) is 13.3. The minimum absolute atomic E-state index is 0.0913. The van der Waals surface area contributed by atoms with Crippen LogP contribution in [0.5, 0.6) is 0 Å². The smallest absolute Gasteiger partial charge is 0.354 e. The van der Waals surface area contributed by atoms with Crippen molar-refractivity contribution in [3.05, 3.63) is 46.3 Å². The first-order valence-electron chi connectivity index (χ1n) is 9.25. The Morgan fingerprint density at radius 3 is 2.57 bits per heavy atom. The van der Waals surface area contributed by atoms with Crippen molar-refractivity contribution in [2.75, 3.05) is 56.9 Å². The highest BCUT2D eigenvalue weighted by atomic mass is 16.6. The monoisotopic (exact) mass is 387 g/mol. The fourth-order valence-corrected chi connectivity index (χ4v) is 3.43. The summed E-state index contributed by atoms with van der Waals surface area (Å²) in [5.74, 6) is 0.606. The Bertz CT molecular complexity index is 809. The van der Waals surface area contributed by atoms with Crippen LogP contribution < -0.4 is 9.80 Å². The number of fused-ring (bicyclic) bond motifs is 1. The molecule has 28 heavy (non-hydrogen) atoms. The number of aryl methyl sites for hydroxylation is 1. The minimum Gasteiger partial charge on any atom is -0.383 e. The second kappa shape index (κ2) is 9.43. The highest BCUT2D eigenvalue weighted by molar-refractivity contribution is 5.77. The van der Waals surface area contributed by atoms with Crippen molar-refractivity contribution in [1.29, 1.82) is 0 Å². The summed E-state index contributed by atoms with van der Waals surface area (Å²) >= 11 is 0. The number of rotatable bonds is 9. The Kier molecular flexibility index (Phi) is 6.72. The third-order valence-electron chi connectivity index (χ3n) is 4.76. The average Bonchev–Trinajstić information content (AvgIpc) is 2.73. The lowest BCUT2D eigenvalue weighted by atomic mass is 10.0. The van der Waals surface area contributed by atoms with Crippen molar-refractivity contribution < 1.29 is 14.4 Å². The Balaban J connectivity index is 2.06. The Morgan fingerprint density at radius 1 is 1.18 bits per heavy atom. The van der Waals surface area contributed by atoms with E-state index < -0.39 is 4.92 Å². The maximum absolute atomic E-state index is 12.1. The quantitative estimate of drug-likeness (QED) is 0.479. The molecule has 150 valence electrons. The molecular weight excluding hydrogens is 362 g/mol. The van der Waals surface area contributed by atoms with E-state index in [1.165, 1.54) is 11.9 Å². The van der Waals surface area contributed by atoms with Gasteiger partial charge in [0.15, 0.2) is 0 Å². The van der Waals surface area contributed by atoms with E-state index in [0.717, 1.165) is 18.5 Å². The van der Waals surface area contributed by atoms with Crippen molar-refractivity contribution in [1.82, 2.24) is 9.97 Å². The molecule has 0 spiro atoms. The van der Waals surface area contributed by atoms with E-state index in [0.29, 0.717) is 38.7 Å². The molecule has 0 unspecified atom stereocenters. The lowest BCUT2D eigenvalue weighted by Gasteiger charge is -2.31. The molecule has 9 nitrogen and oxygen atoms in total. The van der Waals surface area contributed by atoms with E-state index in [2.05, 4.69) is 16.0 Å². The second-order valence-corrected chi connectivity index (χ2v) is 6.48. The van der Waals surface area contributed by atoms with Crippen molar-refractivity contribution in [3.63, 3.8) is 0 Å². The topological polar surface area (TPSA) is 93.9 Å². The SMILES string of the molecule is COCCN(CCOC)c1ncnc(N2CCCc3ccccc32)c1[N+](=O)[O-]. The van der Waals surface area contributed by atoms with Gasteiger partial charge in [0, 0.05) is 39.5 Å². The van der Waals surface area contributed by atoms with Gasteiger partial charge in [0.1, 0.15) is 6.33 Å². The molecule has 0 bridgehead atoms. The minimum atomic E-state index is -0.394. The standard InChI is InChI=1S/C19H25N5O4/c1-27-12-10-22(11-13-28-2)18-17(24(25)26)19(21-14-20-18)23-9-5-7-15-6-3-4-8-16(15)23/h3-4,6,8,14H,5,7,9-13H2,1-2H3. The summed E-state index contributed by atoms with van der Waals surface area (Å²) in [6, 6.07) is 7.96. The Hall–Kier alpha value is -2.78. The first-order chi connectivity index (χ1) is 13.7. The zero-order valence-corrected chi connectivity index (χ0v) is 16.2. The molecule has 0 saturated heterocycles. The van der Waals surface area contributed by atoms with E-state index in [-0.39, 0.29) is 11.5 Å². The van der Waals surface area contributed by atoms with E-state index in [1.54, 1.807) is 14.2 Å². The van der Waals surface area contributed by atoms with E-state index >= 15 is 0 Å². The van der Waals surface area contributed by atoms with Crippen molar-refractivity contribution in [2.24, 2.45) is 0 Å². The van der Waals surface area contributed by atoms with Crippen LogP contribution in [-0.4, -0.2) is 62.0 Å². The summed E-state index contributed by atoms with van der Waals surface area (Å²) in [6.07, 6.45) is 3.25. The number of para-hydroxylation sites is 1. The van der Waals surface area contributed by atoms with Gasteiger partial charge in [-0.05, 0) is 24.5 Å². The summed E-state index contributed by atoms with van der Waals surface area (Å²) in [4.78, 5) is 24.0. The van der Waals surface area contributed by atoms with Crippen LogP contribution in [-0.2, 0) is 15.9 Å². The largest absolute Gasteiger partial charge is 0.383 e. The maximum Gasteiger partial charge on any atom is 0.354 e. The number of hydrogen-bond acceptors (Lipinski definition) is 8. The van der Waals surface area contributed by atoms with Crippen molar-refractivity contribution in [3.8, 4) is 0 Å². The summed E-state index contributed by atoms with van der Waals surface area (Å²) in [6.45, 7) is 2.45. The van der Waals surface area contributed by atoms with E-state index in [4.69, 9.17) is 9.47 Å². The number of ether oxygens (including phenoxy) is 2. The number of methoxy groups -OCH3 is 2. The highest BCUT2D eigenvalue weighted by Crippen LogP contribution is 2.40. The molecule has 1 aromatic carbocycles. The lowest BCUT2D eigenvalue weighted by Crippen LogP contribution is -2.33. The molecule has 0 fully saturated rings. The molecule has 3 rings (SSSR count). The van der Waals surface area contributed by atoms with Crippen LogP contribution in [0.4, 0.5) is 23.0 Å². The number of nitrogens with zero attached hydrogens (tertiary/aromatic N) is 5. The van der Waals surface area contributed by atoms with E-state index in [9.17, 15) is 10.1 Å². The van der Waals surface area contributed by atoms with Crippen LogP contribution in [0.25, 0.3) is 0 Å². The predicted octanol–water partition coefficient (Wildman–Crippen LogP) is 2.57. The van der Waals surface area contributed by atoms with Gasteiger partial charge >= 0.3 is 5.69 Å². The van der Waals surface area contributed by atoms with Crippen molar-refractivity contribution in [2.45, 2.75) is 12.8 Å². The lowest BCUT2D eigenvalue weighted by molar-refractivity contribution is -0.383. The van der Waals surface area contributed by atoms with Gasteiger partial charge in [0.05, 0.1) is 18.1 Å². The summed E-state index contributed by atoms with van der Waals surface area (Å²) in [5.41, 5.74) is 2.03. The van der Waals surface area contributed by atoms with Gasteiger partial charge in [-0.2, -0.15) is 0 Å². The molecule has 2 aromatic rings. The van der Waals surface area contributed by atoms with Crippen LogP contribution in [0.15, 0.2) is 30.6 Å². The third-order valence-corrected chi connectivity index (χ3v) is 4.76. The highest BCUT2D eigenvalue weighted by Gasteiger charge is 2.32. The van der Waals surface area contributed by atoms with Crippen LogP contribution in [0.1, 0.15) is 12.0 Å².